The maximum atomic E-state index is 12.6. The molecule has 3 rings (SSSR count). The van der Waals surface area contributed by atoms with Gasteiger partial charge in [-0.2, -0.15) is 0 Å². The lowest BCUT2D eigenvalue weighted by Crippen LogP contribution is -2.29. The van der Waals surface area contributed by atoms with E-state index in [2.05, 4.69) is 4.72 Å². The fourth-order valence-electron chi connectivity index (χ4n) is 3.40. The molecule has 1 N–H and O–H groups in total. The molecular formula is C22H24N2O6S. The molecule has 0 spiro atoms. The Balaban J connectivity index is 1.53. The molecule has 164 valence electrons. The minimum atomic E-state index is -3.71. The number of rotatable bonds is 8. The molecule has 8 nitrogen and oxygen atoms in total. The van der Waals surface area contributed by atoms with Crippen LogP contribution in [0.3, 0.4) is 0 Å². The Bertz CT molecular complexity index is 1100. The van der Waals surface area contributed by atoms with E-state index >= 15 is 0 Å². The summed E-state index contributed by atoms with van der Waals surface area (Å²) in [4.78, 5) is 38.1. The predicted octanol–water partition coefficient (Wildman–Crippen LogP) is 2.08. The molecule has 1 atom stereocenters. The summed E-state index contributed by atoms with van der Waals surface area (Å²) in [6.07, 6.45) is -0.561. The third-order valence-corrected chi connectivity index (χ3v) is 6.47. The highest BCUT2D eigenvalue weighted by atomic mass is 32.2. The van der Waals surface area contributed by atoms with Gasteiger partial charge in [0.15, 0.2) is 6.10 Å². The Hall–Kier alpha value is -3.04. The maximum absolute atomic E-state index is 12.6. The Labute approximate surface area is 181 Å². The van der Waals surface area contributed by atoms with Crippen LogP contribution in [0.5, 0.6) is 0 Å². The van der Waals surface area contributed by atoms with Crippen molar-refractivity contribution in [2.24, 2.45) is 0 Å². The molecule has 1 heterocycles. The molecule has 2 aromatic rings. The fourth-order valence-corrected chi connectivity index (χ4v) is 4.45. The number of anilines is 1. The number of carbonyl (C=O) groups excluding carboxylic acids is 3. The average molecular weight is 445 g/mol. The molecule has 0 aromatic heterocycles. The van der Waals surface area contributed by atoms with Crippen LogP contribution in [0, 0.1) is 0 Å². The number of benzene rings is 2. The van der Waals surface area contributed by atoms with Gasteiger partial charge in [0.05, 0.1) is 11.3 Å². The summed E-state index contributed by atoms with van der Waals surface area (Å²) >= 11 is 0. The molecule has 0 unspecified atom stereocenters. The van der Waals surface area contributed by atoms with E-state index in [1.54, 1.807) is 41.3 Å². The summed E-state index contributed by atoms with van der Waals surface area (Å²) in [6.45, 7) is 3.40. The van der Waals surface area contributed by atoms with Crippen LogP contribution in [0.2, 0.25) is 0 Å². The van der Waals surface area contributed by atoms with Crippen LogP contribution in [0.1, 0.15) is 36.2 Å². The van der Waals surface area contributed by atoms with E-state index in [4.69, 9.17) is 4.74 Å². The van der Waals surface area contributed by atoms with Crippen molar-refractivity contribution in [3.05, 3.63) is 59.7 Å². The summed E-state index contributed by atoms with van der Waals surface area (Å²) in [5.74, 6) is -1.09. The van der Waals surface area contributed by atoms with Crippen molar-refractivity contribution in [3.8, 4) is 0 Å². The van der Waals surface area contributed by atoms with Crippen LogP contribution in [0.15, 0.2) is 53.4 Å². The lowest BCUT2D eigenvalue weighted by molar-refractivity contribution is -0.146. The van der Waals surface area contributed by atoms with Gasteiger partial charge in [0.2, 0.25) is 21.7 Å². The molecular weight excluding hydrogens is 420 g/mol. The lowest BCUT2D eigenvalue weighted by Gasteiger charge is -2.16. The van der Waals surface area contributed by atoms with Crippen molar-refractivity contribution in [3.63, 3.8) is 0 Å². The number of nitrogens with zero attached hydrogens (tertiary/aromatic N) is 1. The van der Waals surface area contributed by atoms with Gasteiger partial charge in [0.1, 0.15) is 0 Å². The molecule has 1 amide bonds. The fraction of sp³-hybridized carbons (Fsp3) is 0.318. The number of Topliss-reactive ketones (excluding diaryl/α,β-unsaturated/α-hetero) is 1. The van der Waals surface area contributed by atoms with Crippen LogP contribution >= 0.6 is 0 Å². The molecule has 31 heavy (non-hydrogen) atoms. The zero-order valence-electron chi connectivity index (χ0n) is 17.3. The van der Waals surface area contributed by atoms with Crippen LogP contribution in [-0.2, 0) is 30.8 Å². The van der Waals surface area contributed by atoms with Crippen LogP contribution in [0.4, 0.5) is 5.69 Å². The highest BCUT2D eigenvalue weighted by Gasteiger charge is 2.25. The van der Waals surface area contributed by atoms with E-state index in [1.165, 1.54) is 26.0 Å². The molecule has 2 aromatic carbocycles. The number of sulfonamides is 1. The number of fused-ring (bicyclic) bond motifs is 1. The summed E-state index contributed by atoms with van der Waals surface area (Å²) in [5.41, 5.74) is 2.09. The predicted molar refractivity (Wildman–Crippen MR) is 114 cm³/mol. The highest BCUT2D eigenvalue weighted by molar-refractivity contribution is 7.89. The first-order valence-electron chi connectivity index (χ1n) is 9.88. The quantitative estimate of drug-likeness (QED) is 0.493. The Kier molecular flexibility index (Phi) is 6.87. The smallest absolute Gasteiger partial charge is 0.307 e. The van der Waals surface area contributed by atoms with Gasteiger partial charge >= 0.3 is 5.97 Å². The van der Waals surface area contributed by atoms with Crippen molar-refractivity contribution >= 4 is 33.4 Å². The van der Waals surface area contributed by atoms with Crippen LogP contribution < -0.4 is 9.62 Å². The van der Waals surface area contributed by atoms with Crippen molar-refractivity contribution in [2.75, 3.05) is 18.0 Å². The number of carbonyl (C=O) groups is 3. The molecule has 9 heteroatoms. The molecule has 0 saturated heterocycles. The molecule has 1 aliphatic rings. The van der Waals surface area contributed by atoms with E-state index in [0.29, 0.717) is 18.5 Å². The Morgan fingerprint density at radius 3 is 2.52 bits per heavy atom. The van der Waals surface area contributed by atoms with Gasteiger partial charge < -0.3 is 9.64 Å². The van der Waals surface area contributed by atoms with E-state index in [1.807, 2.05) is 0 Å². The van der Waals surface area contributed by atoms with Gasteiger partial charge in [-0.1, -0.05) is 18.2 Å². The van der Waals surface area contributed by atoms with E-state index in [0.717, 1.165) is 11.3 Å². The number of hydrogen-bond donors (Lipinski definition) is 1. The van der Waals surface area contributed by atoms with Crippen molar-refractivity contribution in [1.82, 2.24) is 4.72 Å². The first-order valence-corrected chi connectivity index (χ1v) is 11.4. The topological polar surface area (TPSA) is 110 Å². The third kappa shape index (κ3) is 5.36. The number of hydrogen-bond acceptors (Lipinski definition) is 6. The minimum absolute atomic E-state index is 0.0528. The largest absolute Gasteiger partial charge is 0.454 e. The zero-order chi connectivity index (χ0) is 22.6. The zero-order valence-corrected chi connectivity index (χ0v) is 18.1. The monoisotopic (exact) mass is 444 g/mol. The average Bonchev–Trinajstić information content (AvgIpc) is 3.17. The summed E-state index contributed by atoms with van der Waals surface area (Å²) < 4.78 is 31.8. The van der Waals surface area contributed by atoms with E-state index < -0.39 is 22.1 Å². The molecule has 0 bridgehead atoms. The third-order valence-electron chi connectivity index (χ3n) is 4.99. The Morgan fingerprint density at radius 2 is 1.84 bits per heavy atom. The highest BCUT2D eigenvalue weighted by Crippen LogP contribution is 2.29. The van der Waals surface area contributed by atoms with Crippen molar-refractivity contribution in [1.29, 1.82) is 0 Å². The summed E-state index contributed by atoms with van der Waals surface area (Å²) in [6, 6.07) is 12.9. The van der Waals surface area contributed by atoms with Gasteiger partial charge in [-0.25, -0.2) is 13.1 Å². The van der Waals surface area contributed by atoms with Gasteiger partial charge in [0.25, 0.3) is 0 Å². The van der Waals surface area contributed by atoms with Gasteiger partial charge in [-0.3, -0.25) is 14.4 Å². The van der Waals surface area contributed by atoms with Gasteiger partial charge in [-0.05, 0) is 49.2 Å². The SMILES string of the molecule is CC(=O)N1CCc2cc(C(=O)[C@@H](C)OC(=O)CCNS(=O)(=O)c3ccccc3)ccc21. The number of esters is 1. The molecule has 0 saturated carbocycles. The summed E-state index contributed by atoms with van der Waals surface area (Å²) in [7, 11) is -3.71. The normalized spacial score (nSPS) is 14.1. The number of nitrogens with one attached hydrogen (secondary N) is 1. The molecule has 0 radical (unpaired) electrons. The summed E-state index contributed by atoms with van der Waals surface area (Å²) in [5, 5.41) is 0. The minimum Gasteiger partial charge on any atom is -0.454 e. The van der Waals surface area contributed by atoms with E-state index in [-0.39, 0.29) is 29.6 Å². The first kappa shape index (κ1) is 22.6. The van der Waals surface area contributed by atoms with Crippen molar-refractivity contribution in [2.45, 2.75) is 37.7 Å². The van der Waals surface area contributed by atoms with Gasteiger partial charge in [-0.15, -0.1) is 0 Å². The number of amides is 1. The van der Waals surface area contributed by atoms with Gasteiger partial charge in [0, 0.05) is 31.3 Å². The second kappa shape index (κ2) is 9.40. The standard InChI is InChI=1S/C22H24N2O6S/c1-15(22(27)18-8-9-20-17(14-18)11-13-24(20)16(2)25)30-21(26)10-12-23-31(28,29)19-6-4-3-5-7-19/h3-9,14-15,23H,10-13H2,1-2H3/t15-/m1/s1. The molecule has 0 aliphatic carbocycles. The Morgan fingerprint density at radius 1 is 1.13 bits per heavy atom. The maximum Gasteiger partial charge on any atom is 0.307 e. The van der Waals surface area contributed by atoms with E-state index in [9.17, 15) is 22.8 Å². The number of ether oxygens (including phenoxy) is 1. The van der Waals surface area contributed by atoms with Crippen LogP contribution in [-0.4, -0.2) is 45.3 Å². The lowest BCUT2D eigenvalue weighted by atomic mass is 10.0. The second-order valence-corrected chi connectivity index (χ2v) is 8.99. The molecule has 1 aliphatic heterocycles. The van der Waals surface area contributed by atoms with Crippen molar-refractivity contribution < 1.29 is 27.5 Å². The second-order valence-electron chi connectivity index (χ2n) is 7.22. The first-order chi connectivity index (χ1) is 14.7. The molecule has 0 fully saturated rings. The number of ketones is 1. The van der Waals surface area contributed by atoms with Crippen LogP contribution in [0.25, 0.3) is 0 Å².